The Morgan fingerprint density at radius 3 is 2.75 bits per heavy atom. The number of aryl methyl sites for hydroxylation is 2. The Kier molecular flexibility index (Phi) is 5.21. The van der Waals surface area contributed by atoms with Gasteiger partial charge in [0.05, 0.1) is 23.5 Å². The zero-order valence-electron chi connectivity index (χ0n) is 16.3. The van der Waals surface area contributed by atoms with Crippen molar-refractivity contribution in [2.45, 2.75) is 32.9 Å². The minimum Gasteiger partial charge on any atom is -0.307 e. The number of amides is 1. The van der Waals surface area contributed by atoms with Crippen LogP contribution in [0.1, 0.15) is 39.8 Å². The summed E-state index contributed by atoms with van der Waals surface area (Å²) in [6.07, 6.45) is 2.76. The first-order valence-corrected chi connectivity index (χ1v) is 9.65. The molecular weight excluding hydrogens is 350 g/mol. The molecule has 1 aliphatic heterocycles. The molecule has 1 saturated heterocycles. The van der Waals surface area contributed by atoms with Gasteiger partial charge in [-0.1, -0.05) is 30.3 Å². The van der Waals surface area contributed by atoms with E-state index in [1.165, 1.54) is 5.56 Å². The maximum absolute atomic E-state index is 12.7. The number of pyridine rings is 1. The zero-order chi connectivity index (χ0) is 19.5. The summed E-state index contributed by atoms with van der Waals surface area (Å²) >= 11 is 0. The third-order valence-corrected chi connectivity index (χ3v) is 5.22. The number of likely N-dealkylation sites (tertiary alicyclic amines) is 1. The molecule has 1 aromatic carbocycles. The Labute approximate surface area is 165 Å². The monoisotopic (exact) mass is 375 g/mol. The molecule has 6 heteroatoms. The Balaban J connectivity index is 1.44. The Morgan fingerprint density at radius 1 is 1.14 bits per heavy atom. The van der Waals surface area contributed by atoms with E-state index in [2.05, 4.69) is 44.6 Å². The van der Waals surface area contributed by atoms with Crippen LogP contribution in [0.15, 0.2) is 54.7 Å². The molecule has 0 spiro atoms. The standard InChI is InChI=1S/C22H25N5O/c1-16-8-9-20(17(2)24-16)22(28)25-21-10-12-23-27(21)19-11-13-26(15-19)14-18-6-4-3-5-7-18/h3-10,12,19H,11,13-15H2,1-2H3,(H,25,28). The molecule has 1 amide bonds. The molecule has 144 valence electrons. The lowest BCUT2D eigenvalue weighted by atomic mass is 10.1. The van der Waals surface area contributed by atoms with Crippen LogP contribution in [0.5, 0.6) is 0 Å². The molecule has 3 aromatic rings. The molecule has 3 heterocycles. The maximum Gasteiger partial charge on any atom is 0.258 e. The van der Waals surface area contributed by atoms with E-state index in [-0.39, 0.29) is 11.9 Å². The molecule has 1 unspecified atom stereocenters. The summed E-state index contributed by atoms with van der Waals surface area (Å²) in [4.78, 5) is 19.5. The summed E-state index contributed by atoms with van der Waals surface area (Å²) in [6, 6.07) is 16.3. The van der Waals surface area contributed by atoms with Gasteiger partial charge in [-0.3, -0.25) is 14.7 Å². The van der Waals surface area contributed by atoms with Gasteiger partial charge in [-0.05, 0) is 38.0 Å². The van der Waals surface area contributed by atoms with E-state index < -0.39 is 0 Å². The van der Waals surface area contributed by atoms with Crippen molar-refractivity contribution in [2.75, 3.05) is 18.4 Å². The quantitative estimate of drug-likeness (QED) is 0.740. The highest BCUT2D eigenvalue weighted by molar-refractivity contribution is 6.04. The number of hydrogen-bond donors (Lipinski definition) is 1. The number of carbonyl (C=O) groups excluding carboxylic acids is 1. The van der Waals surface area contributed by atoms with Gasteiger partial charge in [0.25, 0.3) is 5.91 Å². The van der Waals surface area contributed by atoms with Crippen molar-refractivity contribution < 1.29 is 4.79 Å². The molecule has 1 atom stereocenters. The highest BCUT2D eigenvalue weighted by Crippen LogP contribution is 2.26. The number of hydrogen-bond acceptors (Lipinski definition) is 4. The van der Waals surface area contributed by atoms with Gasteiger partial charge in [-0.2, -0.15) is 5.10 Å². The zero-order valence-corrected chi connectivity index (χ0v) is 16.3. The second kappa shape index (κ2) is 7.94. The van der Waals surface area contributed by atoms with Gasteiger partial charge in [0.2, 0.25) is 0 Å². The minimum atomic E-state index is -0.147. The van der Waals surface area contributed by atoms with Crippen molar-refractivity contribution in [3.05, 3.63) is 77.2 Å². The van der Waals surface area contributed by atoms with Crippen LogP contribution in [0.4, 0.5) is 5.82 Å². The molecule has 6 nitrogen and oxygen atoms in total. The highest BCUT2D eigenvalue weighted by Gasteiger charge is 2.26. The number of aromatic nitrogens is 3. The van der Waals surface area contributed by atoms with Crippen LogP contribution in [0, 0.1) is 13.8 Å². The second-order valence-corrected chi connectivity index (χ2v) is 7.36. The molecule has 1 aliphatic rings. The van der Waals surface area contributed by atoms with Gasteiger partial charge < -0.3 is 5.32 Å². The molecule has 28 heavy (non-hydrogen) atoms. The fourth-order valence-electron chi connectivity index (χ4n) is 3.81. The topological polar surface area (TPSA) is 63.1 Å². The van der Waals surface area contributed by atoms with E-state index in [4.69, 9.17) is 0 Å². The lowest BCUT2D eigenvalue weighted by Crippen LogP contribution is -2.23. The average Bonchev–Trinajstić information content (AvgIpc) is 3.31. The van der Waals surface area contributed by atoms with Crippen molar-refractivity contribution in [3.63, 3.8) is 0 Å². The third kappa shape index (κ3) is 3.97. The van der Waals surface area contributed by atoms with Crippen molar-refractivity contribution in [2.24, 2.45) is 0 Å². The maximum atomic E-state index is 12.7. The first-order chi connectivity index (χ1) is 13.6. The van der Waals surface area contributed by atoms with Crippen LogP contribution in [-0.4, -0.2) is 38.7 Å². The predicted octanol–water partition coefficient (Wildman–Crippen LogP) is 3.59. The summed E-state index contributed by atoms with van der Waals surface area (Å²) in [5.41, 5.74) is 3.55. The van der Waals surface area contributed by atoms with Crippen LogP contribution in [0.3, 0.4) is 0 Å². The molecule has 2 aromatic heterocycles. The van der Waals surface area contributed by atoms with E-state index in [1.54, 1.807) is 6.20 Å². The van der Waals surface area contributed by atoms with Crippen LogP contribution in [0.25, 0.3) is 0 Å². The molecule has 0 aliphatic carbocycles. The average molecular weight is 375 g/mol. The molecule has 1 fully saturated rings. The van der Waals surface area contributed by atoms with Crippen LogP contribution >= 0.6 is 0 Å². The number of nitrogens with zero attached hydrogens (tertiary/aromatic N) is 4. The van der Waals surface area contributed by atoms with Gasteiger partial charge in [-0.15, -0.1) is 0 Å². The predicted molar refractivity (Wildman–Crippen MR) is 109 cm³/mol. The van der Waals surface area contributed by atoms with Crippen LogP contribution in [0.2, 0.25) is 0 Å². The number of benzene rings is 1. The van der Waals surface area contributed by atoms with Crippen molar-refractivity contribution >= 4 is 11.7 Å². The molecule has 4 rings (SSSR count). The Hall–Kier alpha value is -2.99. The summed E-state index contributed by atoms with van der Waals surface area (Å²) < 4.78 is 1.94. The Bertz CT molecular complexity index is 966. The summed E-state index contributed by atoms with van der Waals surface area (Å²) in [7, 11) is 0. The van der Waals surface area contributed by atoms with E-state index >= 15 is 0 Å². The summed E-state index contributed by atoms with van der Waals surface area (Å²) in [5, 5.41) is 7.49. The van der Waals surface area contributed by atoms with Gasteiger partial charge in [-0.25, -0.2) is 4.68 Å². The molecule has 0 radical (unpaired) electrons. The summed E-state index contributed by atoms with van der Waals surface area (Å²) in [5.74, 6) is 0.586. The van der Waals surface area contributed by atoms with Crippen molar-refractivity contribution in [3.8, 4) is 0 Å². The van der Waals surface area contributed by atoms with Gasteiger partial charge in [0.1, 0.15) is 5.82 Å². The third-order valence-electron chi connectivity index (χ3n) is 5.22. The number of nitrogens with one attached hydrogen (secondary N) is 1. The smallest absolute Gasteiger partial charge is 0.258 e. The fraction of sp³-hybridized carbons (Fsp3) is 0.318. The summed E-state index contributed by atoms with van der Waals surface area (Å²) in [6.45, 7) is 6.66. The fourth-order valence-corrected chi connectivity index (χ4v) is 3.81. The van der Waals surface area contributed by atoms with E-state index in [0.29, 0.717) is 5.56 Å². The van der Waals surface area contributed by atoms with Gasteiger partial charge >= 0.3 is 0 Å². The van der Waals surface area contributed by atoms with Crippen molar-refractivity contribution in [1.82, 2.24) is 19.7 Å². The van der Waals surface area contributed by atoms with E-state index in [1.807, 2.05) is 42.8 Å². The number of carbonyl (C=O) groups is 1. The number of rotatable bonds is 5. The molecule has 0 saturated carbocycles. The van der Waals surface area contributed by atoms with Crippen LogP contribution in [-0.2, 0) is 6.54 Å². The van der Waals surface area contributed by atoms with Crippen LogP contribution < -0.4 is 5.32 Å². The number of anilines is 1. The van der Waals surface area contributed by atoms with E-state index in [9.17, 15) is 4.79 Å². The largest absolute Gasteiger partial charge is 0.307 e. The van der Waals surface area contributed by atoms with Crippen molar-refractivity contribution in [1.29, 1.82) is 0 Å². The molecule has 0 bridgehead atoms. The molecular formula is C22H25N5O. The first kappa shape index (κ1) is 18.4. The highest BCUT2D eigenvalue weighted by atomic mass is 16.1. The normalized spacial score (nSPS) is 17.0. The minimum absolute atomic E-state index is 0.147. The SMILES string of the molecule is Cc1ccc(C(=O)Nc2ccnn2C2CCN(Cc3ccccc3)C2)c(C)n1. The lowest BCUT2D eigenvalue weighted by Gasteiger charge is -2.18. The van der Waals surface area contributed by atoms with Gasteiger partial charge in [0.15, 0.2) is 0 Å². The van der Waals surface area contributed by atoms with E-state index in [0.717, 1.165) is 43.3 Å². The van der Waals surface area contributed by atoms with Gasteiger partial charge in [0, 0.05) is 31.4 Å². The Morgan fingerprint density at radius 2 is 1.96 bits per heavy atom. The lowest BCUT2D eigenvalue weighted by molar-refractivity contribution is 0.102. The first-order valence-electron chi connectivity index (χ1n) is 9.65. The molecule has 1 N–H and O–H groups in total. The second-order valence-electron chi connectivity index (χ2n) is 7.36.